The molecule has 0 atom stereocenters. The quantitative estimate of drug-likeness (QED) is 0.739. The van der Waals surface area contributed by atoms with E-state index in [4.69, 9.17) is 9.72 Å². The molecule has 0 unspecified atom stereocenters. The van der Waals surface area contributed by atoms with Gasteiger partial charge in [-0.1, -0.05) is 12.1 Å². The molecule has 1 amide bonds. The maximum absolute atomic E-state index is 12.7. The van der Waals surface area contributed by atoms with Crippen LogP contribution in [-0.4, -0.2) is 51.6 Å². The van der Waals surface area contributed by atoms with Crippen molar-refractivity contribution in [3.05, 3.63) is 48.8 Å². The first-order chi connectivity index (χ1) is 11.8. The minimum atomic E-state index is 0.0942. The van der Waals surface area contributed by atoms with E-state index in [0.717, 1.165) is 22.4 Å². The van der Waals surface area contributed by atoms with Crippen LogP contribution in [0.1, 0.15) is 0 Å². The van der Waals surface area contributed by atoms with Gasteiger partial charge in [-0.05, 0) is 24.3 Å². The first-order valence-electron chi connectivity index (χ1n) is 8.04. The number of amides is 1. The molecule has 6 heteroatoms. The van der Waals surface area contributed by atoms with Crippen LogP contribution in [0.5, 0.6) is 0 Å². The number of morpholine rings is 1. The van der Waals surface area contributed by atoms with Gasteiger partial charge in [-0.3, -0.25) is 9.78 Å². The standard InChI is InChI=1S/C18H18N4O2/c23-17(21-9-11-24-12-10-21)13-22-16-4-2-1-3-15(16)20-18(22)14-5-7-19-8-6-14/h1-8H,9-13H2. The maximum atomic E-state index is 12.7. The van der Waals surface area contributed by atoms with Crippen LogP contribution in [0.15, 0.2) is 48.8 Å². The van der Waals surface area contributed by atoms with Gasteiger partial charge in [-0.2, -0.15) is 0 Å². The molecule has 0 saturated carbocycles. The number of hydrogen-bond acceptors (Lipinski definition) is 4. The van der Waals surface area contributed by atoms with E-state index in [1.807, 2.05) is 45.9 Å². The number of carbonyl (C=O) groups is 1. The third-order valence-electron chi connectivity index (χ3n) is 4.25. The lowest BCUT2D eigenvalue weighted by Crippen LogP contribution is -2.42. The van der Waals surface area contributed by atoms with Crippen molar-refractivity contribution in [2.45, 2.75) is 6.54 Å². The van der Waals surface area contributed by atoms with Crippen LogP contribution in [0.4, 0.5) is 0 Å². The van der Waals surface area contributed by atoms with Crippen LogP contribution in [0, 0.1) is 0 Å². The zero-order valence-electron chi connectivity index (χ0n) is 13.3. The number of ether oxygens (including phenoxy) is 1. The zero-order valence-corrected chi connectivity index (χ0v) is 13.3. The highest BCUT2D eigenvalue weighted by molar-refractivity contribution is 5.84. The fourth-order valence-electron chi connectivity index (χ4n) is 3.00. The van der Waals surface area contributed by atoms with Crippen molar-refractivity contribution in [1.29, 1.82) is 0 Å². The molecule has 3 heterocycles. The molecule has 1 aromatic carbocycles. The van der Waals surface area contributed by atoms with Crippen molar-refractivity contribution in [3.63, 3.8) is 0 Å². The van der Waals surface area contributed by atoms with Crippen LogP contribution in [0.3, 0.4) is 0 Å². The normalized spacial score (nSPS) is 14.9. The van der Waals surface area contributed by atoms with Crippen molar-refractivity contribution in [3.8, 4) is 11.4 Å². The second-order valence-electron chi connectivity index (χ2n) is 5.74. The molecule has 4 rings (SSSR count). The predicted molar refractivity (Wildman–Crippen MR) is 90.4 cm³/mol. The van der Waals surface area contributed by atoms with Gasteiger partial charge in [-0.15, -0.1) is 0 Å². The lowest BCUT2D eigenvalue weighted by atomic mass is 10.2. The summed E-state index contributed by atoms with van der Waals surface area (Å²) in [5.41, 5.74) is 2.81. The van der Waals surface area contributed by atoms with E-state index in [1.165, 1.54) is 0 Å². The summed E-state index contributed by atoms with van der Waals surface area (Å²) in [5, 5.41) is 0. The fraction of sp³-hybridized carbons (Fsp3) is 0.278. The molecule has 0 aliphatic carbocycles. The van der Waals surface area contributed by atoms with Gasteiger partial charge in [0.1, 0.15) is 12.4 Å². The Hall–Kier alpha value is -2.73. The van der Waals surface area contributed by atoms with E-state index in [9.17, 15) is 4.79 Å². The molecule has 3 aromatic rings. The second kappa shape index (κ2) is 6.41. The number of pyridine rings is 1. The summed E-state index contributed by atoms with van der Waals surface area (Å²) in [7, 11) is 0. The number of aromatic nitrogens is 3. The number of fused-ring (bicyclic) bond motifs is 1. The van der Waals surface area contributed by atoms with Gasteiger partial charge in [-0.25, -0.2) is 4.98 Å². The van der Waals surface area contributed by atoms with E-state index >= 15 is 0 Å². The summed E-state index contributed by atoms with van der Waals surface area (Å²) >= 11 is 0. The number of rotatable bonds is 3. The highest BCUT2D eigenvalue weighted by Gasteiger charge is 2.20. The molecule has 0 bridgehead atoms. The van der Waals surface area contributed by atoms with Crippen LogP contribution < -0.4 is 0 Å². The molecule has 1 aliphatic rings. The summed E-state index contributed by atoms with van der Waals surface area (Å²) in [5.74, 6) is 0.886. The van der Waals surface area contributed by atoms with E-state index in [2.05, 4.69) is 4.98 Å². The van der Waals surface area contributed by atoms with Gasteiger partial charge in [0.2, 0.25) is 5.91 Å². The molecular formula is C18H18N4O2. The van der Waals surface area contributed by atoms with Crippen molar-refractivity contribution in [1.82, 2.24) is 19.4 Å². The van der Waals surface area contributed by atoms with Crippen LogP contribution in [0.2, 0.25) is 0 Å². The lowest BCUT2D eigenvalue weighted by Gasteiger charge is -2.27. The molecule has 24 heavy (non-hydrogen) atoms. The van der Waals surface area contributed by atoms with Gasteiger partial charge < -0.3 is 14.2 Å². The number of hydrogen-bond donors (Lipinski definition) is 0. The first kappa shape index (κ1) is 14.8. The fourth-order valence-corrected chi connectivity index (χ4v) is 3.00. The number of para-hydroxylation sites is 2. The summed E-state index contributed by atoms with van der Waals surface area (Å²) in [6, 6.07) is 11.7. The molecule has 122 valence electrons. The van der Waals surface area contributed by atoms with Gasteiger partial charge >= 0.3 is 0 Å². The molecule has 6 nitrogen and oxygen atoms in total. The molecule has 1 aliphatic heterocycles. The third kappa shape index (κ3) is 2.76. The summed E-state index contributed by atoms with van der Waals surface area (Å²) in [4.78, 5) is 23.3. The Labute approximate surface area is 139 Å². The monoisotopic (exact) mass is 322 g/mol. The first-order valence-corrected chi connectivity index (χ1v) is 8.04. The maximum Gasteiger partial charge on any atom is 0.242 e. The Kier molecular flexibility index (Phi) is 3.96. The Morgan fingerprint density at radius 2 is 1.83 bits per heavy atom. The molecule has 2 aromatic heterocycles. The Bertz CT molecular complexity index is 854. The average molecular weight is 322 g/mol. The van der Waals surface area contributed by atoms with Crippen LogP contribution in [0.25, 0.3) is 22.4 Å². The topological polar surface area (TPSA) is 60.2 Å². The van der Waals surface area contributed by atoms with Gasteiger partial charge in [0.15, 0.2) is 0 Å². The van der Waals surface area contributed by atoms with E-state index in [-0.39, 0.29) is 12.5 Å². The van der Waals surface area contributed by atoms with Crippen molar-refractivity contribution < 1.29 is 9.53 Å². The van der Waals surface area contributed by atoms with Gasteiger partial charge in [0, 0.05) is 31.0 Å². The zero-order chi connectivity index (χ0) is 16.4. The number of benzene rings is 1. The molecule has 1 fully saturated rings. The van der Waals surface area contributed by atoms with Crippen molar-refractivity contribution in [2.24, 2.45) is 0 Å². The number of imidazole rings is 1. The van der Waals surface area contributed by atoms with E-state index in [0.29, 0.717) is 26.3 Å². The predicted octanol–water partition coefficient (Wildman–Crippen LogP) is 1.96. The lowest BCUT2D eigenvalue weighted by molar-refractivity contribution is -0.135. The van der Waals surface area contributed by atoms with Gasteiger partial charge in [0.25, 0.3) is 0 Å². The number of carbonyl (C=O) groups excluding carboxylic acids is 1. The highest BCUT2D eigenvalue weighted by Crippen LogP contribution is 2.24. The summed E-state index contributed by atoms with van der Waals surface area (Å²) < 4.78 is 7.32. The average Bonchev–Trinajstić information content (AvgIpc) is 3.02. The molecule has 0 radical (unpaired) electrons. The summed E-state index contributed by atoms with van der Waals surface area (Å²) in [6.45, 7) is 2.78. The Balaban J connectivity index is 1.74. The van der Waals surface area contributed by atoms with Crippen LogP contribution >= 0.6 is 0 Å². The number of nitrogens with zero attached hydrogens (tertiary/aromatic N) is 4. The Morgan fingerprint density at radius 3 is 2.62 bits per heavy atom. The third-order valence-corrected chi connectivity index (χ3v) is 4.25. The van der Waals surface area contributed by atoms with Crippen LogP contribution in [-0.2, 0) is 16.1 Å². The molecular weight excluding hydrogens is 304 g/mol. The van der Waals surface area contributed by atoms with Crippen molar-refractivity contribution in [2.75, 3.05) is 26.3 Å². The van der Waals surface area contributed by atoms with Crippen molar-refractivity contribution >= 4 is 16.9 Å². The molecule has 0 N–H and O–H groups in total. The largest absolute Gasteiger partial charge is 0.378 e. The highest BCUT2D eigenvalue weighted by atomic mass is 16.5. The van der Waals surface area contributed by atoms with E-state index in [1.54, 1.807) is 12.4 Å². The smallest absolute Gasteiger partial charge is 0.242 e. The van der Waals surface area contributed by atoms with Gasteiger partial charge in [0.05, 0.1) is 24.2 Å². The minimum absolute atomic E-state index is 0.0942. The van der Waals surface area contributed by atoms with E-state index < -0.39 is 0 Å². The molecule has 1 saturated heterocycles. The summed E-state index contributed by atoms with van der Waals surface area (Å²) in [6.07, 6.45) is 3.48. The Morgan fingerprint density at radius 1 is 1.08 bits per heavy atom. The minimum Gasteiger partial charge on any atom is -0.378 e. The SMILES string of the molecule is O=C(Cn1c(-c2ccncc2)nc2ccccc21)N1CCOCC1. The molecule has 0 spiro atoms. The second-order valence-corrected chi connectivity index (χ2v) is 5.74.